The van der Waals surface area contributed by atoms with Gasteiger partial charge < -0.3 is 9.47 Å². The van der Waals surface area contributed by atoms with Gasteiger partial charge in [0.15, 0.2) is 0 Å². The Labute approximate surface area is 158 Å². The molecule has 136 valence electrons. The van der Waals surface area contributed by atoms with Crippen LogP contribution in [0.1, 0.15) is 37.4 Å². The standard InChI is InChI=1S/C23H20O4/c1-15-4-7-18(8-5-15)22(24)26-20-11-9-19(10-12-20)23(25)27-21-13-6-16(2)14-17(21)3/h4-14H,1-3H3. The minimum Gasteiger partial charge on any atom is -0.423 e. The SMILES string of the molecule is Cc1ccc(C(=O)Oc2ccc(C(=O)Oc3ccc(C)cc3C)cc2)cc1. The van der Waals surface area contributed by atoms with Gasteiger partial charge in [0.1, 0.15) is 11.5 Å². The molecule has 4 nitrogen and oxygen atoms in total. The minimum absolute atomic E-state index is 0.364. The molecule has 0 aliphatic rings. The van der Waals surface area contributed by atoms with Crippen molar-refractivity contribution in [3.63, 3.8) is 0 Å². The summed E-state index contributed by atoms with van der Waals surface area (Å²) in [6, 6.07) is 19.1. The highest BCUT2D eigenvalue weighted by atomic mass is 16.5. The van der Waals surface area contributed by atoms with E-state index in [2.05, 4.69) is 0 Å². The van der Waals surface area contributed by atoms with E-state index in [4.69, 9.17) is 9.47 Å². The third-order valence-electron chi connectivity index (χ3n) is 4.12. The van der Waals surface area contributed by atoms with Crippen LogP contribution in [0, 0.1) is 20.8 Å². The molecule has 0 heterocycles. The average molecular weight is 360 g/mol. The Balaban J connectivity index is 1.66. The van der Waals surface area contributed by atoms with Crippen LogP contribution in [0.4, 0.5) is 0 Å². The molecule has 0 aromatic heterocycles. The van der Waals surface area contributed by atoms with Crippen LogP contribution >= 0.6 is 0 Å². The highest BCUT2D eigenvalue weighted by molar-refractivity contribution is 5.92. The Kier molecular flexibility index (Phi) is 5.36. The van der Waals surface area contributed by atoms with Gasteiger partial charge in [-0.2, -0.15) is 0 Å². The molecule has 3 aromatic carbocycles. The maximum absolute atomic E-state index is 12.3. The number of hydrogen-bond donors (Lipinski definition) is 0. The number of carbonyl (C=O) groups is 2. The van der Waals surface area contributed by atoms with Crippen molar-refractivity contribution in [1.29, 1.82) is 0 Å². The van der Waals surface area contributed by atoms with Crippen LogP contribution in [0.5, 0.6) is 11.5 Å². The summed E-state index contributed by atoms with van der Waals surface area (Å²) in [4.78, 5) is 24.4. The number of aryl methyl sites for hydroxylation is 3. The van der Waals surface area contributed by atoms with E-state index in [0.29, 0.717) is 22.6 Å². The van der Waals surface area contributed by atoms with Gasteiger partial charge in [0.25, 0.3) is 0 Å². The summed E-state index contributed by atoms with van der Waals surface area (Å²) in [5, 5.41) is 0. The van der Waals surface area contributed by atoms with Gasteiger partial charge in [-0.3, -0.25) is 0 Å². The molecule has 0 amide bonds. The molecule has 0 saturated carbocycles. The first kappa shape index (κ1) is 18.4. The van der Waals surface area contributed by atoms with Crippen LogP contribution < -0.4 is 9.47 Å². The van der Waals surface area contributed by atoms with E-state index in [-0.39, 0.29) is 0 Å². The van der Waals surface area contributed by atoms with Crippen LogP contribution in [0.15, 0.2) is 66.7 Å². The largest absolute Gasteiger partial charge is 0.423 e. The Morgan fingerprint density at radius 3 is 1.74 bits per heavy atom. The van der Waals surface area contributed by atoms with Gasteiger partial charge in [-0.15, -0.1) is 0 Å². The maximum atomic E-state index is 12.3. The number of esters is 2. The Hall–Kier alpha value is -3.40. The molecule has 0 N–H and O–H groups in total. The second kappa shape index (κ2) is 7.87. The molecular weight excluding hydrogens is 340 g/mol. The molecule has 0 unspecified atom stereocenters. The van der Waals surface area contributed by atoms with E-state index >= 15 is 0 Å². The number of ether oxygens (including phenoxy) is 2. The fourth-order valence-electron chi connectivity index (χ4n) is 2.59. The third-order valence-corrected chi connectivity index (χ3v) is 4.12. The fourth-order valence-corrected chi connectivity index (χ4v) is 2.59. The number of rotatable bonds is 4. The summed E-state index contributed by atoms with van der Waals surface area (Å²) in [7, 11) is 0. The Bertz CT molecular complexity index is 970. The molecule has 27 heavy (non-hydrogen) atoms. The van der Waals surface area contributed by atoms with Crippen molar-refractivity contribution < 1.29 is 19.1 Å². The second-order valence-electron chi connectivity index (χ2n) is 6.44. The van der Waals surface area contributed by atoms with Gasteiger partial charge in [0, 0.05) is 0 Å². The van der Waals surface area contributed by atoms with Crippen LogP contribution in [0.25, 0.3) is 0 Å². The molecule has 0 saturated heterocycles. The van der Waals surface area contributed by atoms with Gasteiger partial charge in [0.2, 0.25) is 0 Å². The molecule has 3 aromatic rings. The van der Waals surface area contributed by atoms with Crippen LogP contribution in [0.2, 0.25) is 0 Å². The topological polar surface area (TPSA) is 52.6 Å². The monoisotopic (exact) mass is 360 g/mol. The first-order valence-electron chi connectivity index (χ1n) is 8.61. The van der Waals surface area contributed by atoms with E-state index in [1.54, 1.807) is 42.5 Å². The lowest BCUT2D eigenvalue weighted by atomic mass is 10.1. The summed E-state index contributed by atoms with van der Waals surface area (Å²) in [6.07, 6.45) is 0. The zero-order chi connectivity index (χ0) is 19.4. The van der Waals surface area contributed by atoms with Crippen molar-refractivity contribution in [3.05, 3.63) is 94.5 Å². The number of hydrogen-bond acceptors (Lipinski definition) is 4. The lowest BCUT2D eigenvalue weighted by Gasteiger charge is -2.09. The van der Waals surface area contributed by atoms with Crippen LogP contribution in [-0.4, -0.2) is 11.9 Å². The minimum atomic E-state index is -0.460. The summed E-state index contributed by atoms with van der Waals surface area (Å²) in [5.74, 6) is -0.0110. The van der Waals surface area contributed by atoms with Crippen molar-refractivity contribution in [1.82, 2.24) is 0 Å². The molecule has 0 radical (unpaired) electrons. The average Bonchev–Trinajstić information content (AvgIpc) is 2.65. The van der Waals surface area contributed by atoms with E-state index in [9.17, 15) is 9.59 Å². The quantitative estimate of drug-likeness (QED) is 0.482. The lowest BCUT2D eigenvalue weighted by Crippen LogP contribution is -2.10. The molecule has 0 bridgehead atoms. The third kappa shape index (κ3) is 4.61. The highest BCUT2D eigenvalue weighted by Crippen LogP contribution is 2.21. The maximum Gasteiger partial charge on any atom is 0.343 e. The molecule has 3 rings (SSSR count). The number of benzene rings is 3. The molecule has 0 fully saturated rings. The normalized spacial score (nSPS) is 10.3. The van der Waals surface area contributed by atoms with E-state index in [1.165, 1.54) is 0 Å². The summed E-state index contributed by atoms with van der Waals surface area (Å²) in [5.41, 5.74) is 3.92. The summed E-state index contributed by atoms with van der Waals surface area (Å²) < 4.78 is 10.8. The fraction of sp³-hybridized carbons (Fsp3) is 0.130. The molecular formula is C23H20O4. The summed E-state index contributed by atoms with van der Waals surface area (Å²) >= 11 is 0. The van der Waals surface area contributed by atoms with Gasteiger partial charge in [-0.25, -0.2) is 9.59 Å². The van der Waals surface area contributed by atoms with E-state index < -0.39 is 11.9 Å². The predicted octanol–water partition coefficient (Wildman–Crippen LogP) is 5.05. The van der Waals surface area contributed by atoms with Crippen molar-refractivity contribution in [3.8, 4) is 11.5 Å². The van der Waals surface area contributed by atoms with Gasteiger partial charge in [-0.1, -0.05) is 35.4 Å². The molecule has 0 spiro atoms. The molecule has 0 aliphatic heterocycles. The van der Waals surface area contributed by atoms with Crippen LogP contribution in [0.3, 0.4) is 0 Å². The van der Waals surface area contributed by atoms with E-state index in [1.807, 2.05) is 45.0 Å². The zero-order valence-corrected chi connectivity index (χ0v) is 15.5. The number of carbonyl (C=O) groups excluding carboxylic acids is 2. The Morgan fingerprint density at radius 1 is 0.630 bits per heavy atom. The molecule has 0 aliphatic carbocycles. The van der Waals surface area contributed by atoms with Gasteiger partial charge >= 0.3 is 11.9 Å². The van der Waals surface area contributed by atoms with Gasteiger partial charge in [-0.05, 0) is 68.8 Å². The van der Waals surface area contributed by atoms with Crippen molar-refractivity contribution >= 4 is 11.9 Å². The lowest BCUT2D eigenvalue weighted by molar-refractivity contribution is 0.0729. The zero-order valence-electron chi connectivity index (χ0n) is 15.5. The second-order valence-corrected chi connectivity index (χ2v) is 6.44. The Morgan fingerprint density at radius 2 is 1.15 bits per heavy atom. The van der Waals surface area contributed by atoms with E-state index in [0.717, 1.165) is 16.7 Å². The molecule has 4 heteroatoms. The van der Waals surface area contributed by atoms with Gasteiger partial charge in [0.05, 0.1) is 11.1 Å². The first-order valence-corrected chi connectivity index (χ1v) is 8.61. The highest BCUT2D eigenvalue weighted by Gasteiger charge is 2.12. The smallest absolute Gasteiger partial charge is 0.343 e. The van der Waals surface area contributed by atoms with Crippen molar-refractivity contribution in [2.24, 2.45) is 0 Å². The van der Waals surface area contributed by atoms with Crippen molar-refractivity contribution in [2.75, 3.05) is 0 Å². The predicted molar refractivity (Wildman–Crippen MR) is 103 cm³/mol. The van der Waals surface area contributed by atoms with Crippen LogP contribution in [-0.2, 0) is 0 Å². The van der Waals surface area contributed by atoms with Crippen molar-refractivity contribution in [2.45, 2.75) is 20.8 Å². The first-order chi connectivity index (χ1) is 12.9. The molecule has 0 atom stereocenters. The summed E-state index contributed by atoms with van der Waals surface area (Å²) in [6.45, 7) is 5.82.